The van der Waals surface area contributed by atoms with Crippen LogP contribution in [-0.2, 0) is 13.0 Å². The highest BCUT2D eigenvalue weighted by Crippen LogP contribution is 2.08. The Bertz CT molecular complexity index is 721. The zero-order valence-electron chi connectivity index (χ0n) is 12.6. The lowest BCUT2D eigenvalue weighted by atomic mass is 10.1. The van der Waals surface area contributed by atoms with Crippen molar-refractivity contribution in [1.82, 2.24) is 19.7 Å². The van der Waals surface area contributed by atoms with Crippen molar-refractivity contribution in [3.8, 4) is 0 Å². The molecule has 0 amide bonds. The molecule has 0 spiro atoms. The lowest BCUT2D eigenvalue weighted by molar-refractivity contribution is 0.636. The zero-order valence-corrected chi connectivity index (χ0v) is 12.6. The van der Waals surface area contributed by atoms with Crippen molar-refractivity contribution in [2.75, 3.05) is 11.9 Å². The first-order valence-corrected chi connectivity index (χ1v) is 7.38. The first kappa shape index (κ1) is 14.3. The summed E-state index contributed by atoms with van der Waals surface area (Å²) in [6, 6.07) is 12.1. The molecule has 112 valence electrons. The van der Waals surface area contributed by atoms with E-state index in [2.05, 4.69) is 32.5 Å². The molecule has 0 atom stereocenters. The molecule has 1 N–H and O–H groups in total. The zero-order chi connectivity index (χ0) is 15.2. The molecular weight excluding hydrogens is 274 g/mol. The lowest BCUT2D eigenvalue weighted by Crippen LogP contribution is -2.12. The van der Waals surface area contributed by atoms with E-state index >= 15 is 0 Å². The monoisotopic (exact) mass is 293 g/mol. The van der Waals surface area contributed by atoms with Crippen LogP contribution in [0.2, 0.25) is 0 Å². The number of aryl methyl sites for hydroxylation is 1. The molecule has 0 fully saturated rings. The minimum Gasteiger partial charge on any atom is -0.368 e. The summed E-state index contributed by atoms with van der Waals surface area (Å²) in [6.45, 7) is 3.63. The topological polar surface area (TPSA) is 55.6 Å². The van der Waals surface area contributed by atoms with Crippen molar-refractivity contribution < 1.29 is 0 Å². The molecule has 5 nitrogen and oxygen atoms in total. The van der Waals surface area contributed by atoms with Gasteiger partial charge in [0.15, 0.2) is 0 Å². The van der Waals surface area contributed by atoms with Gasteiger partial charge in [0.25, 0.3) is 0 Å². The van der Waals surface area contributed by atoms with Crippen LogP contribution < -0.4 is 5.32 Å². The normalized spacial score (nSPS) is 10.6. The number of aromatic nitrogens is 4. The third-order valence-corrected chi connectivity index (χ3v) is 3.32. The second kappa shape index (κ2) is 6.85. The van der Waals surface area contributed by atoms with Crippen LogP contribution in [0.1, 0.15) is 17.0 Å². The molecule has 3 aromatic rings. The molecule has 5 heteroatoms. The van der Waals surface area contributed by atoms with Crippen molar-refractivity contribution in [3.05, 3.63) is 71.9 Å². The molecule has 0 saturated heterocycles. The average molecular weight is 293 g/mol. The predicted molar refractivity (Wildman–Crippen MR) is 86.7 cm³/mol. The SMILES string of the molecule is Cc1cnn(CCNc2ccnc(Cc3ccccc3)n2)c1. The molecular formula is C17H19N5. The van der Waals surface area contributed by atoms with Crippen LogP contribution in [0.4, 0.5) is 5.82 Å². The van der Waals surface area contributed by atoms with Gasteiger partial charge >= 0.3 is 0 Å². The molecule has 22 heavy (non-hydrogen) atoms. The highest BCUT2D eigenvalue weighted by Gasteiger charge is 2.01. The van der Waals surface area contributed by atoms with Crippen molar-refractivity contribution in [1.29, 1.82) is 0 Å². The Morgan fingerprint density at radius 3 is 2.77 bits per heavy atom. The molecule has 1 aromatic carbocycles. The van der Waals surface area contributed by atoms with Gasteiger partial charge in [-0.05, 0) is 24.1 Å². The fourth-order valence-corrected chi connectivity index (χ4v) is 2.25. The maximum Gasteiger partial charge on any atom is 0.135 e. The van der Waals surface area contributed by atoms with Crippen LogP contribution in [-0.4, -0.2) is 26.3 Å². The fourth-order valence-electron chi connectivity index (χ4n) is 2.25. The maximum atomic E-state index is 4.55. The smallest absolute Gasteiger partial charge is 0.135 e. The van der Waals surface area contributed by atoms with E-state index < -0.39 is 0 Å². The molecule has 2 aromatic heterocycles. The summed E-state index contributed by atoms with van der Waals surface area (Å²) in [6.07, 6.45) is 6.44. The molecule has 0 aliphatic rings. The summed E-state index contributed by atoms with van der Waals surface area (Å²) in [5, 5.41) is 7.58. The van der Waals surface area contributed by atoms with E-state index in [0.29, 0.717) is 0 Å². The van der Waals surface area contributed by atoms with E-state index in [-0.39, 0.29) is 0 Å². The van der Waals surface area contributed by atoms with Gasteiger partial charge in [-0.3, -0.25) is 4.68 Å². The predicted octanol–water partition coefficient (Wildman–Crippen LogP) is 2.68. The molecule has 0 bridgehead atoms. The largest absolute Gasteiger partial charge is 0.368 e. The number of anilines is 1. The number of hydrogen-bond donors (Lipinski definition) is 1. The lowest BCUT2D eigenvalue weighted by Gasteiger charge is -2.07. The number of benzene rings is 1. The first-order valence-electron chi connectivity index (χ1n) is 7.38. The van der Waals surface area contributed by atoms with Gasteiger partial charge in [-0.1, -0.05) is 30.3 Å². The van der Waals surface area contributed by atoms with Gasteiger partial charge in [0.1, 0.15) is 11.6 Å². The number of nitrogens with zero attached hydrogens (tertiary/aromatic N) is 4. The second-order valence-corrected chi connectivity index (χ2v) is 5.23. The Morgan fingerprint density at radius 2 is 2.00 bits per heavy atom. The first-order chi connectivity index (χ1) is 10.8. The summed E-state index contributed by atoms with van der Waals surface area (Å²) in [7, 11) is 0. The second-order valence-electron chi connectivity index (χ2n) is 5.23. The number of rotatable bonds is 6. The molecule has 0 radical (unpaired) electrons. The average Bonchev–Trinajstić information content (AvgIpc) is 2.94. The van der Waals surface area contributed by atoms with Crippen molar-refractivity contribution in [2.24, 2.45) is 0 Å². The van der Waals surface area contributed by atoms with Crippen molar-refractivity contribution in [3.63, 3.8) is 0 Å². The van der Waals surface area contributed by atoms with Crippen LogP contribution in [0.15, 0.2) is 55.0 Å². The van der Waals surface area contributed by atoms with E-state index in [1.54, 1.807) is 6.20 Å². The van der Waals surface area contributed by atoms with Gasteiger partial charge in [0.05, 0.1) is 12.7 Å². The van der Waals surface area contributed by atoms with Crippen LogP contribution in [0.3, 0.4) is 0 Å². The minimum atomic E-state index is 0.745. The third kappa shape index (κ3) is 3.91. The summed E-state index contributed by atoms with van der Waals surface area (Å²) in [5.74, 6) is 1.68. The standard InChI is InChI=1S/C17H19N5/c1-14-12-20-22(13-14)10-9-19-16-7-8-18-17(21-16)11-15-5-3-2-4-6-15/h2-8,12-13H,9-11H2,1H3,(H,18,19,21). The van der Waals surface area contributed by atoms with Crippen LogP contribution >= 0.6 is 0 Å². The molecule has 0 aliphatic heterocycles. The maximum absolute atomic E-state index is 4.55. The fraction of sp³-hybridized carbons (Fsp3) is 0.235. The highest BCUT2D eigenvalue weighted by atomic mass is 15.3. The highest BCUT2D eigenvalue weighted by molar-refractivity contribution is 5.33. The Morgan fingerprint density at radius 1 is 1.14 bits per heavy atom. The van der Waals surface area contributed by atoms with E-state index in [1.807, 2.05) is 48.3 Å². The van der Waals surface area contributed by atoms with E-state index in [1.165, 1.54) is 11.1 Å². The summed E-state index contributed by atoms with van der Waals surface area (Å²) < 4.78 is 1.93. The molecule has 0 unspecified atom stereocenters. The van der Waals surface area contributed by atoms with Gasteiger partial charge in [-0.15, -0.1) is 0 Å². The van der Waals surface area contributed by atoms with Gasteiger partial charge in [0.2, 0.25) is 0 Å². The number of hydrogen-bond acceptors (Lipinski definition) is 4. The van der Waals surface area contributed by atoms with Crippen LogP contribution in [0, 0.1) is 6.92 Å². The van der Waals surface area contributed by atoms with Gasteiger partial charge in [0, 0.05) is 25.4 Å². The van der Waals surface area contributed by atoms with Crippen molar-refractivity contribution in [2.45, 2.75) is 19.9 Å². The molecule has 0 saturated carbocycles. The van der Waals surface area contributed by atoms with Gasteiger partial charge in [-0.2, -0.15) is 5.10 Å². The summed E-state index contributed by atoms with van der Waals surface area (Å²) in [5.41, 5.74) is 2.39. The Labute approximate surface area is 130 Å². The van der Waals surface area contributed by atoms with Crippen LogP contribution in [0.25, 0.3) is 0 Å². The Hall–Kier alpha value is -2.69. The van der Waals surface area contributed by atoms with E-state index in [9.17, 15) is 0 Å². The summed E-state index contributed by atoms with van der Waals surface area (Å²) in [4.78, 5) is 8.89. The Kier molecular flexibility index (Phi) is 4.44. The molecule has 2 heterocycles. The molecule has 3 rings (SSSR count). The van der Waals surface area contributed by atoms with Gasteiger partial charge in [-0.25, -0.2) is 9.97 Å². The third-order valence-electron chi connectivity index (χ3n) is 3.32. The molecule has 0 aliphatic carbocycles. The van der Waals surface area contributed by atoms with Crippen molar-refractivity contribution >= 4 is 5.82 Å². The summed E-state index contributed by atoms with van der Waals surface area (Å²) >= 11 is 0. The van der Waals surface area contributed by atoms with Gasteiger partial charge < -0.3 is 5.32 Å². The van der Waals surface area contributed by atoms with E-state index in [4.69, 9.17) is 0 Å². The van der Waals surface area contributed by atoms with E-state index in [0.717, 1.165) is 31.2 Å². The minimum absolute atomic E-state index is 0.745. The quantitative estimate of drug-likeness (QED) is 0.759. The number of nitrogens with one attached hydrogen (secondary N) is 1. The van der Waals surface area contributed by atoms with Crippen LogP contribution in [0.5, 0.6) is 0 Å². The Balaban J connectivity index is 1.57.